The highest BCUT2D eigenvalue weighted by molar-refractivity contribution is 6.09. The molecule has 12 heteroatoms. The van der Waals surface area contributed by atoms with Crippen molar-refractivity contribution in [1.82, 2.24) is 4.73 Å². The number of carbonyl (C=O) groups is 2. The van der Waals surface area contributed by atoms with Gasteiger partial charge in [0.05, 0.1) is 11.1 Å². The Labute approximate surface area is 203 Å². The zero-order valence-corrected chi connectivity index (χ0v) is 18.2. The van der Waals surface area contributed by atoms with Crippen molar-refractivity contribution in [2.24, 2.45) is 0 Å². The fourth-order valence-electron chi connectivity index (χ4n) is 3.89. The van der Waals surface area contributed by atoms with E-state index in [2.05, 4.69) is 0 Å². The van der Waals surface area contributed by atoms with Crippen LogP contribution in [0.2, 0.25) is 0 Å². The van der Waals surface area contributed by atoms with Crippen LogP contribution in [0.15, 0.2) is 63.8 Å². The Hall–Kier alpha value is -5.39. The topological polar surface area (TPSA) is 159 Å². The number of hydrogen-bond donors (Lipinski definition) is 4. The van der Waals surface area contributed by atoms with Gasteiger partial charge in [-0.25, -0.2) is 18.4 Å². The predicted octanol–water partition coefficient (Wildman–Crippen LogP) is 3.73. The van der Waals surface area contributed by atoms with E-state index in [9.17, 15) is 43.6 Å². The summed E-state index contributed by atoms with van der Waals surface area (Å²) in [6.45, 7) is 0. The van der Waals surface area contributed by atoms with Crippen molar-refractivity contribution in [3.05, 3.63) is 87.6 Å². The van der Waals surface area contributed by atoms with E-state index in [1.54, 1.807) is 0 Å². The van der Waals surface area contributed by atoms with Crippen LogP contribution in [0.1, 0.15) is 20.7 Å². The van der Waals surface area contributed by atoms with Gasteiger partial charge < -0.3 is 29.7 Å². The van der Waals surface area contributed by atoms with E-state index in [0.717, 1.165) is 54.6 Å². The van der Waals surface area contributed by atoms with Gasteiger partial charge in [0.15, 0.2) is 17.4 Å². The van der Waals surface area contributed by atoms with Gasteiger partial charge in [-0.05, 0) is 35.9 Å². The van der Waals surface area contributed by atoms with Crippen molar-refractivity contribution in [1.29, 1.82) is 0 Å². The van der Waals surface area contributed by atoms with Crippen molar-refractivity contribution in [3.63, 3.8) is 0 Å². The molecule has 2 aliphatic rings. The molecule has 0 radical (unpaired) electrons. The SMILES string of the molecule is O=C(On1c(O)ccc1O)c1ccc(C(=O)O)c(-c2c3cc(F)c(=O)cc-3oc3cc(O)c(F)cc23)c1. The molecule has 1 aliphatic heterocycles. The van der Waals surface area contributed by atoms with Crippen molar-refractivity contribution < 1.29 is 48.1 Å². The molecular weight excluding hydrogens is 496 g/mol. The number of halogens is 2. The second kappa shape index (κ2) is 8.37. The minimum absolute atomic E-state index is 0.102. The first kappa shape index (κ1) is 23.4. The second-order valence-corrected chi connectivity index (χ2v) is 7.84. The Kier molecular flexibility index (Phi) is 5.29. The number of carbonyl (C=O) groups excluding carboxylic acids is 1. The molecule has 0 saturated heterocycles. The first-order valence-electron chi connectivity index (χ1n) is 10.3. The minimum atomic E-state index is -1.46. The minimum Gasteiger partial charge on any atom is -0.505 e. The largest absolute Gasteiger partial charge is 0.505 e. The van der Waals surface area contributed by atoms with Crippen LogP contribution in [-0.2, 0) is 0 Å². The summed E-state index contributed by atoms with van der Waals surface area (Å²) in [4.78, 5) is 41.7. The summed E-state index contributed by atoms with van der Waals surface area (Å²) >= 11 is 0. The first-order valence-corrected chi connectivity index (χ1v) is 10.3. The number of aromatic nitrogens is 1. The smallest absolute Gasteiger partial charge is 0.363 e. The van der Waals surface area contributed by atoms with Gasteiger partial charge in [0, 0.05) is 40.8 Å². The molecule has 10 nitrogen and oxygen atoms in total. The monoisotopic (exact) mass is 509 g/mol. The van der Waals surface area contributed by atoms with Crippen molar-refractivity contribution in [2.75, 3.05) is 0 Å². The van der Waals surface area contributed by atoms with E-state index in [1.165, 1.54) is 0 Å². The Bertz CT molecular complexity index is 1770. The summed E-state index contributed by atoms with van der Waals surface area (Å²) in [5, 5.41) is 39.0. The third-order valence-electron chi connectivity index (χ3n) is 5.57. The molecule has 3 aromatic rings. The van der Waals surface area contributed by atoms with Crippen LogP contribution in [0.25, 0.3) is 33.4 Å². The molecule has 0 unspecified atom stereocenters. The van der Waals surface area contributed by atoms with Crippen LogP contribution in [-0.4, -0.2) is 37.1 Å². The molecule has 0 atom stereocenters. The molecule has 1 aliphatic carbocycles. The number of rotatable bonds is 4. The summed E-state index contributed by atoms with van der Waals surface area (Å²) < 4.78 is 34.7. The lowest BCUT2D eigenvalue weighted by atomic mass is 9.89. The Balaban J connectivity index is 1.82. The number of nitrogens with zero attached hydrogens (tertiary/aromatic N) is 1. The molecule has 5 rings (SSSR count). The number of hydrogen-bond acceptors (Lipinski definition) is 8. The number of phenols is 1. The molecule has 37 heavy (non-hydrogen) atoms. The van der Waals surface area contributed by atoms with E-state index in [1.807, 2.05) is 0 Å². The molecule has 0 fully saturated rings. The summed E-state index contributed by atoms with van der Waals surface area (Å²) in [7, 11) is 0. The number of carboxylic acid groups (broad SMARTS) is 1. The van der Waals surface area contributed by atoms with Gasteiger partial charge in [0.1, 0.15) is 11.3 Å². The maximum Gasteiger partial charge on any atom is 0.363 e. The van der Waals surface area contributed by atoms with Crippen LogP contribution in [0.4, 0.5) is 8.78 Å². The molecule has 1 aromatic heterocycles. The molecule has 2 heterocycles. The first-order chi connectivity index (χ1) is 17.5. The highest BCUT2D eigenvalue weighted by Gasteiger charge is 2.26. The van der Waals surface area contributed by atoms with Crippen molar-refractivity contribution in [3.8, 4) is 40.0 Å². The quantitative estimate of drug-likeness (QED) is 0.265. The highest BCUT2D eigenvalue weighted by atomic mass is 19.1. The van der Waals surface area contributed by atoms with E-state index < -0.39 is 52.1 Å². The Morgan fingerprint density at radius 2 is 1.57 bits per heavy atom. The highest BCUT2D eigenvalue weighted by Crippen LogP contribution is 2.43. The summed E-state index contributed by atoms with van der Waals surface area (Å²) in [6, 6.07) is 8.62. The maximum absolute atomic E-state index is 14.4. The van der Waals surface area contributed by atoms with Crippen LogP contribution in [0.5, 0.6) is 17.5 Å². The van der Waals surface area contributed by atoms with Gasteiger partial charge in [-0.15, -0.1) is 4.73 Å². The fourth-order valence-corrected chi connectivity index (χ4v) is 3.89. The number of aromatic carboxylic acids is 1. The van der Waals surface area contributed by atoms with Crippen LogP contribution in [0, 0.1) is 11.6 Å². The average molecular weight is 509 g/mol. The molecule has 0 spiro atoms. The van der Waals surface area contributed by atoms with E-state index in [-0.39, 0.29) is 39.0 Å². The van der Waals surface area contributed by atoms with Gasteiger partial charge in [0.2, 0.25) is 17.2 Å². The van der Waals surface area contributed by atoms with E-state index in [4.69, 9.17) is 9.25 Å². The fraction of sp³-hybridized carbons (Fsp3) is 0. The van der Waals surface area contributed by atoms with Gasteiger partial charge in [-0.1, -0.05) is 0 Å². The van der Waals surface area contributed by atoms with Crippen molar-refractivity contribution in [2.45, 2.75) is 0 Å². The van der Waals surface area contributed by atoms with Gasteiger partial charge in [-0.3, -0.25) is 4.79 Å². The van der Waals surface area contributed by atoms with E-state index >= 15 is 0 Å². The van der Waals surface area contributed by atoms with Crippen LogP contribution >= 0.6 is 0 Å². The van der Waals surface area contributed by atoms with Crippen LogP contribution < -0.4 is 10.3 Å². The molecule has 2 aromatic carbocycles. The lowest BCUT2D eigenvalue weighted by molar-refractivity contribution is 0.0381. The maximum atomic E-state index is 14.4. The predicted molar refractivity (Wildman–Crippen MR) is 122 cm³/mol. The molecule has 0 amide bonds. The zero-order chi connectivity index (χ0) is 26.6. The van der Waals surface area contributed by atoms with Gasteiger partial charge in [0.25, 0.3) is 0 Å². The number of phenolic OH excluding ortho intramolecular Hbond substituents is 1. The molecular formula is C25H13F2NO9. The van der Waals surface area contributed by atoms with Gasteiger partial charge >= 0.3 is 11.9 Å². The average Bonchev–Trinajstić information content (AvgIpc) is 3.16. The standard InChI is InChI=1S/C25H13F2NO9/c26-15-6-13-19(8-17(15)29)36-20-9-18(30)16(27)7-14(20)23(13)12-5-10(1-2-11(12)24(33)34)25(35)37-28-21(31)3-4-22(28)32/h1-9,29,31-32H,(H,33,34). The number of fused-ring (bicyclic) bond motifs is 2. The molecule has 0 bridgehead atoms. The van der Waals surface area contributed by atoms with Gasteiger partial charge in [-0.2, -0.15) is 0 Å². The third-order valence-corrected chi connectivity index (χ3v) is 5.57. The summed E-state index contributed by atoms with van der Waals surface area (Å²) in [5.41, 5.74) is -2.31. The second-order valence-electron chi connectivity index (χ2n) is 7.84. The summed E-state index contributed by atoms with van der Waals surface area (Å²) in [5.74, 6) is -7.10. The van der Waals surface area contributed by atoms with Crippen LogP contribution in [0.3, 0.4) is 0 Å². The number of aromatic hydroxyl groups is 3. The molecule has 0 saturated carbocycles. The normalized spacial score (nSPS) is 11.2. The number of carboxylic acids is 1. The Morgan fingerprint density at radius 3 is 2.24 bits per heavy atom. The molecule has 186 valence electrons. The Morgan fingerprint density at radius 1 is 0.865 bits per heavy atom. The van der Waals surface area contributed by atoms with Crippen molar-refractivity contribution >= 4 is 22.9 Å². The van der Waals surface area contributed by atoms with E-state index in [0.29, 0.717) is 4.73 Å². The third kappa shape index (κ3) is 3.86. The lowest BCUT2D eigenvalue weighted by Gasteiger charge is -2.18. The summed E-state index contributed by atoms with van der Waals surface area (Å²) in [6.07, 6.45) is 0. The zero-order valence-electron chi connectivity index (χ0n) is 18.2. The molecule has 4 N–H and O–H groups in total. The lowest BCUT2D eigenvalue weighted by Crippen LogP contribution is -2.19. The number of benzene rings is 3.